The number of hydrogen-bond donors (Lipinski definition) is 2. The second-order valence-electron chi connectivity index (χ2n) is 8.98. The van der Waals surface area contributed by atoms with E-state index in [2.05, 4.69) is 29.4 Å². The molecule has 2 heterocycles. The van der Waals surface area contributed by atoms with Gasteiger partial charge in [0.1, 0.15) is 23.7 Å². The van der Waals surface area contributed by atoms with Crippen molar-refractivity contribution in [2.24, 2.45) is 5.92 Å². The summed E-state index contributed by atoms with van der Waals surface area (Å²) in [5, 5.41) is 3.16. The maximum absolute atomic E-state index is 13.3. The number of carbonyl (C=O) groups excluding carboxylic acids is 1. The van der Waals surface area contributed by atoms with Crippen LogP contribution in [-0.4, -0.2) is 46.8 Å². The lowest BCUT2D eigenvalue weighted by Crippen LogP contribution is -2.46. The number of likely N-dealkylation sites (tertiary alicyclic amines) is 1. The van der Waals surface area contributed by atoms with Gasteiger partial charge in [0, 0.05) is 19.2 Å². The van der Waals surface area contributed by atoms with Crippen molar-refractivity contribution >= 4 is 17.1 Å². The number of nitrogens with one attached hydrogen (secondary N) is 2. The van der Waals surface area contributed by atoms with Gasteiger partial charge in [-0.05, 0) is 62.3 Å². The van der Waals surface area contributed by atoms with Crippen LogP contribution in [-0.2, 0) is 11.3 Å². The van der Waals surface area contributed by atoms with Gasteiger partial charge in [-0.25, -0.2) is 9.78 Å². The minimum Gasteiger partial charge on any atom is -0.489 e. The molecule has 1 aliphatic carbocycles. The van der Waals surface area contributed by atoms with Crippen LogP contribution in [0.2, 0.25) is 0 Å². The number of nitrogens with zero attached hydrogens (tertiary/aromatic N) is 2. The molecular formula is C26H32N4O3. The SMILES string of the molecule is CCOCCOc1cccc2[nH]c([C@@H]3[C@H]4CC[C@H](C4)N3C(=O)NCc3ccccc3C)nc12. The van der Waals surface area contributed by atoms with Crippen LogP contribution in [0.5, 0.6) is 5.75 Å². The van der Waals surface area contributed by atoms with Crippen LogP contribution >= 0.6 is 0 Å². The van der Waals surface area contributed by atoms with E-state index < -0.39 is 0 Å². The maximum atomic E-state index is 13.3. The van der Waals surface area contributed by atoms with Crippen LogP contribution in [0, 0.1) is 12.8 Å². The molecule has 1 saturated heterocycles. The predicted octanol–water partition coefficient (Wildman–Crippen LogP) is 4.72. The highest BCUT2D eigenvalue weighted by molar-refractivity contribution is 5.82. The molecule has 7 nitrogen and oxygen atoms in total. The number of ether oxygens (including phenoxy) is 2. The Labute approximate surface area is 194 Å². The lowest BCUT2D eigenvalue weighted by atomic mass is 9.98. The van der Waals surface area contributed by atoms with Gasteiger partial charge in [0.2, 0.25) is 0 Å². The highest BCUT2D eigenvalue weighted by Crippen LogP contribution is 2.50. The number of piperidine rings is 1. The fraction of sp³-hybridized carbons (Fsp3) is 0.462. The third-order valence-electron chi connectivity index (χ3n) is 6.97. The zero-order valence-corrected chi connectivity index (χ0v) is 19.3. The molecule has 2 fully saturated rings. The van der Waals surface area contributed by atoms with E-state index in [4.69, 9.17) is 14.5 Å². The molecular weight excluding hydrogens is 416 g/mol. The first-order chi connectivity index (χ1) is 16.2. The minimum atomic E-state index is -0.0377. The van der Waals surface area contributed by atoms with Gasteiger partial charge in [-0.2, -0.15) is 0 Å². The average molecular weight is 449 g/mol. The second kappa shape index (κ2) is 9.43. The molecule has 33 heavy (non-hydrogen) atoms. The number of para-hydroxylation sites is 1. The first-order valence-corrected chi connectivity index (χ1v) is 12.0. The number of rotatable bonds is 8. The molecule has 1 aliphatic heterocycles. The maximum Gasteiger partial charge on any atom is 0.318 e. The molecule has 1 aromatic heterocycles. The third-order valence-corrected chi connectivity index (χ3v) is 6.97. The summed E-state index contributed by atoms with van der Waals surface area (Å²) in [5.74, 6) is 2.03. The molecule has 0 unspecified atom stereocenters. The lowest BCUT2D eigenvalue weighted by molar-refractivity contribution is 0.110. The molecule has 2 amide bonds. The fourth-order valence-corrected chi connectivity index (χ4v) is 5.34. The van der Waals surface area contributed by atoms with Gasteiger partial charge < -0.3 is 24.7 Å². The Bertz CT molecular complexity index is 1130. The molecule has 0 radical (unpaired) electrons. The quantitative estimate of drug-likeness (QED) is 0.489. The number of benzene rings is 2. The van der Waals surface area contributed by atoms with E-state index in [1.165, 1.54) is 5.56 Å². The van der Waals surface area contributed by atoms with Crippen molar-refractivity contribution in [3.8, 4) is 5.75 Å². The Balaban J connectivity index is 1.36. The number of imidazole rings is 1. The van der Waals surface area contributed by atoms with Crippen molar-refractivity contribution in [3.05, 3.63) is 59.4 Å². The van der Waals surface area contributed by atoms with Gasteiger partial charge in [0.25, 0.3) is 0 Å². The van der Waals surface area contributed by atoms with Crippen LogP contribution in [0.3, 0.4) is 0 Å². The summed E-state index contributed by atoms with van der Waals surface area (Å²) in [6.07, 6.45) is 3.23. The van der Waals surface area contributed by atoms with Crippen LogP contribution in [0.4, 0.5) is 4.79 Å². The first kappa shape index (κ1) is 21.8. The monoisotopic (exact) mass is 448 g/mol. The fourth-order valence-electron chi connectivity index (χ4n) is 5.34. The standard InChI is InChI=1S/C26H32N4O3/c1-3-32-13-14-33-22-10-6-9-21-23(22)29-25(28-21)24-18-11-12-20(15-18)30(24)26(31)27-16-19-8-5-4-7-17(19)2/h4-10,18,20,24H,3,11-16H2,1-2H3,(H,27,31)(H,28,29)/t18-,20+,24-/m0/s1. The van der Waals surface area contributed by atoms with Crippen LogP contribution < -0.4 is 10.1 Å². The van der Waals surface area contributed by atoms with E-state index in [1.54, 1.807) is 0 Å². The van der Waals surface area contributed by atoms with Gasteiger partial charge in [0.15, 0.2) is 0 Å². The van der Waals surface area contributed by atoms with E-state index in [0.717, 1.165) is 47.4 Å². The van der Waals surface area contributed by atoms with E-state index in [1.807, 2.05) is 42.2 Å². The Morgan fingerprint density at radius 1 is 1.18 bits per heavy atom. The lowest BCUT2D eigenvalue weighted by Gasteiger charge is -2.34. The molecule has 3 atom stereocenters. The molecule has 3 aromatic rings. The highest BCUT2D eigenvalue weighted by atomic mass is 16.5. The first-order valence-electron chi connectivity index (χ1n) is 12.0. The van der Waals surface area contributed by atoms with Gasteiger partial charge in [-0.15, -0.1) is 0 Å². The number of aromatic nitrogens is 2. The summed E-state index contributed by atoms with van der Waals surface area (Å²) in [6, 6.07) is 14.3. The molecule has 174 valence electrons. The Hall–Kier alpha value is -3.06. The van der Waals surface area contributed by atoms with E-state index in [9.17, 15) is 4.79 Å². The number of fused-ring (bicyclic) bond motifs is 3. The highest BCUT2D eigenvalue weighted by Gasteiger charge is 2.50. The van der Waals surface area contributed by atoms with E-state index in [-0.39, 0.29) is 18.1 Å². The largest absolute Gasteiger partial charge is 0.489 e. The topological polar surface area (TPSA) is 79.5 Å². The Morgan fingerprint density at radius 3 is 2.91 bits per heavy atom. The Morgan fingerprint density at radius 2 is 2.06 bits per heavy atom. The molecule has 7 heteroatoms. The van der Waals surface area contributed by atoms with Gasteiger partial charge >= 0.3 is 6.03 Å². The number of urea groups is 1. The van der Waals surface area contributed by atoms with E-state index >= 15 is 0 Å². The summed E-state index contributed by atoms with van der Waals surface area (Å²) in [5.41, 5.74) is 4.07. The number of aromatic amines is 1. The van der Waals surface area contributed by atoms with Crippen molar-refractivity contribution in [1.29, 1.82) is 0 Å². The minimum absolute atomic E-state index is 0.0101. The number of hydrogen-bond acceptors (Lipinski definition) is 4. The van der Waals surface area contributed by atoms with Crippen molar-refractivity contribution in [1.82, 2.24) is 20.2 Å². The number of amides is 2. The zero-order valence-electron chi connectivity index (χ0n) is 19.3. The summed E-state index contributed by atoms with van der Waals surface area (Å²) in [4.78, 5) is 23.8. The average Bonchev–Trinajstić information content (AvgIpc) is 3.55. The summed E-state index contributed by atoms with van der Waals surface area (Å²) in [6.45, 7) is 6.28. The molecule has 5 rings (SSSR count). The zero-order chi connectivity index (χ0) is 22.8. The van der Waals surface area contributed by atoms with Gasteiger partial charge in [-0.1, -0.05) is 30.3 Å². The third kappa shape index (κ3) is 4.29. The number of aryl methyl sites for hydroxylation is 1. The van der Waals surface area contributed by atoms with Crippen LogP contribution in [0.1, 0.15) is 49.2 Å². The second-order valence-corrected chi connectivity index (χ2v) is 8.98. The Kier molecular flexibility index (Phi) is 6.22. The molecule has 2 aromatic carbocycles. The summed E-state index contributed by atoms with van der Waals surface area (Å²) >= 11 is 0. The normalized spacial score (nSPS) is 21.6. The summed E-state index contributed by atoms with van der Waals surface area (Å²) < 4.78 is 11.3. The molecule has 2 N–H and O–H groups in total. The summed E-state index contributed by atoms with van der Waals surface area (Å²) in [7, 11) is 0. The molecule has 2 aliphatic rings. The van der Waals surface area contributed by atoms with Crippen molar-refractivity contribution in [2.75, 3.05) is 19.8 Å². The van der Waals surface area contributed by atoms with Crippen molar-refractivity contribution < 1.29 is 14.3 Å². The smallest absolute Gasteiger partial charge is 0.318 e. The van der Waals surface area contributed by atoms with Crippen molar-refractivity contribution in [2.45, 2.75) is 51.7 Å². The molecule has 1 saturated carbocycles. The predicted molar refractivity (Wildman–Crippen MR) is 127 cm³/mol. The van der Waals surface area contributed by atoms with Crippen LogP contribution in [0.15, 0.2) is 42.5 Å². The molecule has 2 bridgehead atoms. The van der Waals surface area contributed by atoms with Crippen LogP contribution in [0.25, 0.3) is 11.0 Å². The van der Waals surface area contributed by atoms with Gasteiger partial charge in [-0.3, -0.25) is 0 Å². The number of H-pyrrole nitrogens is 1. The van der Waals surface area contributed by atoms with Gasteiger partial charge in [0.05, 0.1) is 18.2 Å². The van der Waals surface area contributed by atoms with Crippen molar-refractivity contribution in [3.63, 3.8) is 0 Å². The number of carbonyl (C=O) groups is 1. The van der Waals surface area contributed by atoms with E-state index in [0.29, 0.717) is 32.3 Å². The molecule has 0 spiro atoms.